The molecule has 0 aromatic heterocycles. The van der Waals surface area contributed by atoms with Crippen LogP contribution in [0.1, 0.15) is 45.4 Å². The fraction of sp³-hybridized carbons (Fsp3) is 0.857. The van der Waals surface area contributed by atoms with Gasteiger partial charge in [-0.2, -0.15) is 0 Å². The van der Waals surface area contributed by atoms with Gasteiger partial charge in [0.1, 0.15) is 5.54 Å². The fourth-order valence-corrected chi connectivity index (χ4v) is 3.95. The number of amides is 1. The average Bonchev–Trinajstić information content (AvgIpc) is 2.96. The molecule has 18 heavy (non-hydrogen) atoms. The lowest BCUT2D eigenvalue weighted by Crippen LogP contribution is -2.49. The van der Waals surface area contributed by atoms with E-state index in [-0.39, 0.29) is 11.9 Å². The predicted molar refractivity (Wildman–Crippen MR) is 65.7 cm³/mol. The van der Waals surface area contributed by atoms with Crippen LogP contribution in [-0.4, -0.2) is 24.0 Å². The van der Waals surface area contributed by atoms with Crippen molar-refractivity contribution < 1.29 is 14.3 Å². The molecule has 0 radical (unpaired) electrons. The molecule has 3 rings (SSSR count). The number of rotatable bonds is 3. The zero-order valence-corrected chi connectivity index (χ0v) is 10.9. The summed E-state index contributed by atoms with van der Waals surface area (Å²) in [6, 6.07) is 0. The molecule has 3 fully saturated rings. The SMILES string of the molecule is CC1(NC(=O)CC2CC3CCC2C3)CCOC1=O. The number of cyclic esters (lactones) is 1. The van der Waals surface area contributed by atoms with Gasteiger partial charge in [0.15, 0.2) is 0 Å². The molecular weight excluding hydrogens is 230 g/mol. The summed E-state index contributed by atoms with van der Waals surface area (Å²) >= 11 is 0. The summed E-state index contributed by atoms with van der Waals surface area (Å²) in [6.45, 7) is 2.19. The highest BCUT2D eigenvalue weighted by atomic mass is 16.5. The van der Waals surface area contributed by atoms with Crippen LogP contribution in [-0.2, 0) is 14.3 Å². The van der Waals surface area contributed by atoms with Gasteiger partial charge in [-0.1, -0.05) is 6.42 Å². The van der Waals surface area contributed by atoms with E-state index >= 15 is 0 Å². The molecule has 2 bridgehead atoms. The van der Waals surface area contributed by atoms with Crippen LogP contribution in [0.5, 0.6) is 0 Å². The van der Waals surface area contributed by atoms with E-state index in [9.17, 15) is 9.59 Å². The van der Waals surface area contributed by atoms with Gasteiger partial charge < -0.3 is 10.1 Å². The van der Waals surface area contributed by atoms with Crippen LogP contribution >= 0.6 is 0 Å². The van der Waals surface area contributed by atoms with E-state index in [0.717, 1.165) is 11.8 Å². The normalized spacial score (nSPS) is 42.1. The number of nitrogens with one attached hydrogen (secondary N) is 1. The maximum absolute atomic E-state index is 12.1. The molecule has 0 aromatic carbocycles. The van der Waals surface area contributed by atoms with Crippen molar-refractivity contribution in [3.8, 4) is 0 Å². The molecule has 2 saturated carbocycles. The van der Waals surface area contributed by atoms with E-state index in [0.29, 0.717) is 25.4 Å². The van der Waals surface area contributed by atoms with Crippen molar-refractivity contribution >= 4 is 11.9 Å². The van der Waals surface area contributed by atoms with Crippen LogP contribution in [0.2, 0.25) is 0 Å². The van der Waals surface area contributed by atoms with Crippen molar-refractivity contribution in [1.29, 1.82) is 0 Å². The number of carbonyl (C=O) groups excluding carboxylic acids is 2. The van der Waals surface area contributed by atoms with Gasteiger partial charge in [-0.05, 0) is 43.9 Å². The smallest absolute Gasteiger partial charge is 0.331 e. The molecule has 1 saturated heterocycles. The molecule has 1 N–H and O–H groups in total. The van der Waals surface area contributed by atoms with Gasteiger partial charge in [0.25, 0.3) is 0 Å². The second-order valence-corrected chi connectivity index (χ2v) is 6.41. The average molecular weight is 251 g/mol. The Kier molecular flexibility index (Phi) is 2.83. The highest BCUT2D eigenvalue weighted by Gasteiger charge is 2.43. The standard InChI is InChI=1S/C14H21NO3/c1-14(4-5-18-13(14)17)15-12(16)8-11-7-9-2-3-10(11)6-9/h9-11H,2-8H2,1H3,(H,15,16). The van der Waals surface area contributed by atoms with Crippen molar-refractivity contribution in [2.24, 2.45) is 17.8 Å². The molecule has 100 valence electrons. The number of hydrogen-bond donors (Lipinski definition) is 1. The quantitative estimate of drug-likeness (QED) is 0.776. The Labute approximate surface area is 107 Å². The van der Waals surface area contributed by atoms with E-state index in [1.54, 1.807) is 6.92 Å². The minimum absolute atomic E-state index is 0.0221. The molecule has 2 aliphatic carbocycles. The molecule has 3 aliphatic rings. The molecule has 4 nitrogen and oxygen atoms in total. The third kappa shape index (κ3) is 2.02. The van der Waals surface area contributed by atoms with Gasteiger partial charge in [0.2, 0.25) is 5.91 Å². The fourth-order valence-electron chi connectivity index (χ4n) is 3.95. The maximum atomic E-state index is 12.1. The summed E-state index contributed by atoms with van der Waals surface area (Å²) in [5.74, 6) is 1.89. The van der Waals surface area contributed by atoms with Gasteiger partial charge in [-0.15, -0.1) is 0 Å². The zero-order chi connectivity index (χ0) is 12.8. The van der Waals surface area contributed by atoms with Crippen LogP contribution in [0.15, 0.2) is 0 Å². The summed E-state index contributed by atoms with van der Waals surface area (Å²) in [7, 11) is 0. The molecular formula is C14H21NO3. The van der Waals surface area contributed by atoms with Crippen molar-refractivity contribution in [3.63, 3.8) is 0 Å². The first-order valence-electron chi connectivity index (χ1n) is 7.05. The Morgan fingerprint density at radius 2 is 2.28 bits per heavy atom. The lowest BCUT2D eigenvalue weighted by atomic mass is 9.86. The summed E-state index contributed by atoms with van der Waals surface area (Å²) in [6.07, 6.45) is 6.35. The number of hydrogen-bond acceptors (Lipinski definition) is 3. The summed E-state index contributed by atoms with van der Waals surface area (Å²) in [5.41, 5.74) is -0.783. The van der Waals surface area contributed by atoms with Gasteiger partial charge >= 0.3 is 5.97 Å². The molecule has 1 heterocycles. The van der Waals surface area contributed by atoms with Crippen LogP contribution in [0.3, 0.4) is 0 Å². The second-order valence-electron chi connectivity index (χ2n) is 6.41. The lowest BCUT2D eigenvalue weighted by molar-refractivity contribution is -0.145. The number of carbonyl (C=O) groups is 2. The zero-order valence-electron chi connectivity index (χ0n) is 10.9. The minimum atomic E-state index is -0.783. The van der Waals surface area contributed by atoms with Gasteiger partial charge in [0, 0.05) is 12.8 Å². The molecule has 4 atom stereocenters. The molecule has 0 spiro atoms. The van der Waals surface area contributed by atoms with Crippen molar-refractivity contribution in [2.75, 3.05) is 6.61 Å². The largest absolute Gasteiger partial charge is 0.464 e. The summed E-state index contributed by atoms with van der Waals surface area (Å²) in [5, 5.41) is 2.88. The van der Waals surface area contributed by atoms with Crippen molar-refractivity contribution in [1.82, 2.24) is 5.32 Å². The Morgan fingerprint density at radius 3 is 2.83 bits per heavy atom. The third-order valence-corrected chi connectivity index (χ3v) is 5.03. The summed E-state index contributed by atoms with van der Waals surface area (Å²) < 4.78 is 4.94. The van der Waals surface area contributed by atoms with E-state index in [1.165, 1.54) is 25.7 Å². The van der Waals surface area contributed by atoms with Crippen LogP contribution in [0.25, 0.3) is 0 Å². The number of fused-ring (bicyclic) bond motifs is 2. The van der Waals surface area contributed by atoms with E-state index in [2.05, 4.69) is 5.32 Å². The number of esters is 1. The monoisotopic (exact) mass is 251 g/mol. The van der Waals surface area contributed by atoms with E-state index in [1.807, 2.05) is 0 Å². The summed E-state index contributed by atoms with van der Waals surface area (Å²) in [4.78, 5) is 23.6. The molecule has 4 heteroatoms. The Morgan fingerprint density at radius 1 is 1.44 bits per heavy atom. The van der Waals surface area contributed by atoms with Crippen LogP contribution in [0, 0.1) is 17.8 Å². The predicted octanol–water partition coefficient (Wildman–Crippen LogP) is 1.63. The molecule has 0 aromatic rings. The molecule has 1 amide bonds. The van der Waals surface area contributed by atoms with E-state index < -0.39 is 5.54 Å². The molecule has 1 aliphatic heterocycles. The Hall–Kier alpha value is -1.06. The second kappa shape index (κ2) is 4.25. The Bertz CT molecular complexity index is 381. The van der Waals surface area contributed by atoms with Gasteiger partial charge in [0.05, 0.1) is 6.61 Å². The maximum Gasteiger partial charge on any atom is 0.331 e. The van der Waals surface area contributed by atoms with Crippen molar-refractivity contribution in [3.05, 3.63) is 0 Å². The topological polar surface area (TPSA) is 55.4 Å². The van der Waals surface area contributed by atoms with Gasteiger partial charge in [-0.25, -0.2) is 4.79 Å². The van der Waals surface area contributed by atoms with Gasteiger partial charge in [-0.3, -0.25) is 4.79 Å². The first kappa shape index (κ1) is 12.0. The van der Waals surface area contributed by atoms with Crippen LogP contribution in [0.4, 0.5) is 0 Å². The Balaban J connectivity index is 1.54. The minimum Gasteiger partial charge on any atom is -0.464 e. The first-order valence-corrected chi connectivity index (χ1v) is 7.05. The highest BCUT2D eigenvalue weighted by Crippen LogP contribution is 2.49. The lowest BCUT2D eigenvalue weighted by Gasteiger charge is -2.25. The molecule has 4 unspecified atom stereocenters. The first-order chi connectivity index (χ1) is 8.57. The van der Waals surface area contributed by atoms with Crippen LogP contribution < -0.4 is 5.32 Å². The van der Waals surface area contributed by atoms with E-state index in [4.69, 9.17) is 4.74 Å². The van der Waals surface area contributed by atoms with Crippen molar-refractivity contribution in [2.45, 2.75) is 51.0 Å². The number of ether oxygens (including phenoxy) is 1. The third-order valence-electron chi connectivity index (χ3n) is 5.03. The highest BCUT2D eigenvalue weighted by molar-refractivity contribution is 5.88.